The highest BCUT2D eigenvalue weighted by atomic mass is 35.5. The number of benzene rings is 1. The lowest BCUT2D eigenvalue weighted by Crippen LogP contribution is -2.49. The van der Waals surface area contributed by atoms with Gasteiger partial charge in [-0.05, 0) is 49.9 Å². The van der Waals surface area contributed by atoms with Gasteiger partial charge < -0.3 is 20.0 Å². The van der Waals surface area contributed by atoms with Gasteiger partial charge in [0.05, 0.1) is 0 Å². The van der Waals surface area contributed by atoms with Crippen molar-refractivity contribution in [2.75, 3.05) is 60.9 Å². The Labute approximate surface area is 189 Å². The summed E-state index contributed by atoms with van der Waals surface area (Å²) in [5, 5.41) is 3.92. The highest BCUT2D eigenvalue weighted by Gasteiger charge is 2.27. The zero-order valence-electron chi connectivity index (χ0n) is 18.1. The summed E-state index contributed by atoms with van der Waals surface area (Å²) >= 11 is 6.12. The van der Waals surface area contributed by atoms with Crippen molar-refractivity contribution in [2.45, 2.75) is 26.2 Å². The predicted molar refractivity (Wildman–Crippen MR) is 126 cm³/mol. The number of amides is 1. The minimum Gasteiger partial charge on any atom is -0.368 e. The fourth-order valence-corrected chi connectivity index (χ4v) is 4.58. The molecule has 1 N–H and O–H groups in total. The third-order valence-corrected chi connectivity index (χ3v) is 6.42. The van der Waals surface area contributed by atoms with Crippen molar-refractivity contribution < 1.29 is 4.79 Å². The third-order valence-electron chi connectivity index (χ3n) is 6.18. The summed E-state index contributed by atoms with van der Waals surface area (Å²) in [6.45, 7) is 7.97. The summed E-state index contributed by atoms with van der Waals surface area (Å²) in [6.07, 6.45) is 4.50. The van der Waals surface area contributed by atoms with Crippen LogP contribution in [0.3, 0.4) is 0 Å². The number of piperidine rings is 1. The number of hydrogen-bond donors (Lipinski definition) is 1. The van der Waals surface area contributed by atoms with Gasteiger partial charge in [-0.25, -0.2) is 4.98 Å². The average molecular weight is 443 g/mol. The Bertz CT molecular complexity index is 878. The first kappa shape index (κ1) is 21.7. The van der Waals surface area contributed by atoms with Gasteiger partial charge in [0.1, 0.15) is 5.82 Å². The molecule has 2 aliphatic rings. The van der Waals surface area contributed by atoms with E-state index in [-0.39, 0.29) is 0 Å². The molecular weight excluding hydrogens is 412 g/mol. The second-order valence-corrected chi connectivity index (χ2v) is 8.69. The quantitative estimate of drug-likeness (QED) is 0.738. The van der Waals surface area contributed by atoms with Crippen LogP contribution >= 0.6 is 11.6 Å². The number of halogens is 1. The fraction of sp³-hybridized carbons (Fsp3) is 0.522. The second kappa shape index (κ2) is 10.2. The summed E-state index contributed by atoms with van der Waals surface area (Å²) in [7, 11) is 0. The molecule has 1 amide bonds. The van der Waals surface area contributed by atoms with Crippen LogP contribution in [0, 0.1) is 5.92 Å². The van der Waals surface area contributed by atoms with Crippen LogP contribution in [0.25, 0.3) is 0 Å². The predicted octanol–water partition coefficient (Wildman–Crippen LogP) is 3.52. The van der Waals surface area contributed by atoms with Gasteiger partial charge in [-0.15, -0.1) is 0 Å². The molecule has 0 atom stereocenters. The Hall–Kier alpha value is -2.54. The minimum atomic E-state index is 0.292. The normalized spacial score (nSPS) is 17.7. The van der Waals surface area contributed by atoms with Crippen LogP contribution < -0.4 is 15.1 Å². The zero-order valence-corrected chi connectivity index (χ0v) is 18.9. The van der Waals surface area contributed by atoms with Crippen LogP contribution in [0.1, 0.15) is 26.2 Å². The van der Waals surface area contributed by atoms with Crippen molar-refractivity contribution in [3.63, 3.8) is 0 Å². The van der Waals surface area contributed by atoms with E-state index in [9.17, 15) is 4.79 Å². The van der Waals surface area contributed by atoms with E-state index >= 15 is 0 Å². The smallest absolute Gasteiger partial charge is 0.224 e. The maximum absolute atomic E-state index is 12.9. The molecular formula is C23H31ClN6O. The van der Waals surface area contributed by atoms with Crippen molar-refractivity contribution in [3.05, 3.63) is 41.6 Å². The summed E-state index contributed by atoms with van der Waals surface area (Å²) in [4.78, 5) is 28.4. The first-order valence-corrected chi connectivity index (χ1v) is 11.6. The van der Waals surface area contributed by atoms with Gasteiger partial charge in [0, 0.05) is 69.1 Å². The van der Waals surface area contributed by atoms with Crippen LogP contribution in [-0.4, -0.2) is 66.6 Å². The van der Waals surface area contributed by atoms with E-state index in [0.717, 1.165) is 75.2 Å². The minimum absolute atomic E-state index is 0.292. The molecule has 8 heteroatoms. The Morgan fingerprint density at radius 2 is 1.87 bits per heavy atom. The Morgan fingerprint density at radius 1 is 1.10 bits per heavy atom. The van der Waals surface area contributed by atoms with Gasteiger partial charge in [0.25, 0.3) is 0 Å². The van der Waals surface area contributed by atoms with Gasteiger partial charge in [-0.2, -0.15) is 4.98 Å². The first-order valence-electron chi connectivity index (χ1n) is 11.2. The van der Waals surface area contributed by atoms with E-state index in [1.807, 2.05) is 36.1 Å². The average Bonchev–Trinajstić information content (AvgIpc) is 2.80. The lowest BCUT2D eigenvalue weighted by Gasteiger charge is -2.38. The lowest BCUT2D eigenvalue weighted by molar-refractivity contribution is -0.132. The molecule has 2 aromatic rings. The summed E-state index contributed by atoms with van der Waals surface area (Å²) < 4.78 is 0. The summed E-state index contributed by atoms with van der Waals surface area (Å²) in [5.41, 5.74) is 1.13. The van der Waals surface area contributed by atoms with Crippen molar-refractivity contribution in [1.82, 2.24) is 14.9 Å². The van der Waals surface area contributed by atoms with Gasteiger partial charge in [0.15, 0.2) is 0 Å². The van der Waals surface area contributed by atoms with E-state index < -0.39 is 0 Å². The maximum atomic E-state index is 12.9. The molecule has 1 aromatic carbocycles. The molecule has 2 saturated heterocycles. The van der Waals surface area contributed by atoms with Gasteiger partial charge in [-0.1, -0.05) is 17.7 Å². The third kappa shape index (κ3) is 5.58. The van der Waals surface area contributed by atoms with Crippen molar-refractivity contribution in [1.29, 1.82) is 0 Å². The number of carbonyl (C=O) groups excluding carboxylic acids is 1. The fourth-order valence-electron chi connectivity index (χ4n) is 4.40. The number of anilines is 3. The monoisotopic (exact) mass is 442 g/mol. The molecule has 1 aromatic heterocycles. The Balaban J connectivity index is 1.23. The van der Waals surface area contributed by atoms with Crippen LogP contribution in [0.2, 0.25) is 5.02 Å². The standard InChI is InChI=1S/C23H31ClN6O/c1-2-25-23-26-9-6-21(27-23)29-10-7-18(8-11-29)16-22(31)30-14-12-28(13-15-30)20-5-3-4-19(24)17-20/h3-6,9,17-18H,2,7-8,10-16H2,1H3,(H,25,26,27). The molecule has 0 aliphatic carbocycles. The molecule has 166 valence electrons. The zero-order chi connectivity index (χ0) is 21.6. The number of nitrogens with zero attached hydrogens (tertiary/aromatic N) is 5. The van der Waals surface area contributed by atoms with E-state index in [1.165, 1.54) is 0 Å². The molecule has 7 nitrogen and oxygen atoms in total. The molecule has 2 fully saturated rings. The van der Waals surface area contributed by atoms with Gasteiger partial charge in [-0.3, -0.25) is 4.79 Å². The van der Waals surface area contributed by atoms with E-state index in [1.54, 1.807) is 6.20 Å². The Kier molecular flexibility index (Phi) is 7.12. The van der Waals surface area contributed by atoms with Crippen LogP contribution in [0.5, 0.6) is 0 Å². The van der Waals surface area contributed by atoms with Crippen molar-refractivity contribution in [3.8, 4) is 0 Å². The highest BCUT2D eigenvalue weighted by molar-refractivity contribution is 6.30. The highest BCUT2D eigenvalue weighted by Crippen LogP contribution is 2.26. The Morgan fingerprint density at radius 3 is 2.58 bits per heavy atom. The number of nitrogens with one attached hydrogen (secondary N) is 1. The molecule has 0 bridgehead atoms. The maximum Gasteiger partial charge on any atom is 0.224 e. The van der Waals surface area contributed by atoms with Crippen molar-refractivity contribution in [2.24, 2.45) is 5.92 Å². The first-order chi connectivity index (χ1) is 15.1. The molecule has 0 unspecified atom stereocenters. The molecule has 0 saturated carbocycles. The van der Waals surface area contributed by atoms with Crippen LogP contribution in [0.4, 0.5) is 17.5 Å². The van der Waals surface area contributed by atoms with Crippen LogP contribution in [0.15, 0.2) is 36.5 Å². The topological polar surface area (TPSA) is 64.6 Å². The van der Waals surface area contributed by atoms with Gasteiger partial charge in [0.2, 0.25) is 11.9 Å². The number of aromatic nitrogens is 2. The van der Waals surface area contributed by atoms with Crippen molar-refractivity contribution >= 4 is 35.0 Å². The van der Waals surface area contributed by atoms with E-state index in [2.05, 4.69) is 31.2 Å². The van der Waals surface area contributed by atoms with E-state index in [0.29, 0.717) is 24.2 Å². The SMILES string of the molecule is CCNc1nccc(N2CCC(CC(=O)N3CCN(c4cccc(Cl)c4)CC3)CC2)n1. The molecule has 3 heterocycles. The molecule has 2 aliphatic heterocycles. The largest absolute Gasteiger partial charge is 0.368 e. The van der Waals surface area contributed by atoms with Crippen LogP contribution in [-0.2, 0) is 4.79 Å². The summed E-state index contributed by atoms with van der Waals surface area (Å²) in [5.74, 6) is 2.38. The van der Waals surface area contributed by atoms with E-state index in [4.69, 9.17) is 11.6 Å². The number of carbonyl (C=O) groups is 1. The second-order valence-electron chi connectivity index (χ2n) is 8.25. The molecule has 0 spiro atoms. The number of rotatable bonds is 6. The lowest BCUT2D eigenvalue weighted by atomic mass is 9.93. The van der Waals surface area contributed by atoms with Gasteiger partial charge >= 0.3 is 0 Å². The summed E-state index contributed by atoms with van der Waals surface area (Å²) in [6, 6.07) is 9.90. The number of hydrogen-bond acceptors (Lipinski definition) is 6. The molecule has 31 heavy (non-hydrogen) atoms. The number of piperazine rings is 1. The molecule has 0 radical (unpaired) electrons. The molecule has 4 rings (SSSR count).